The number of aliphatic hydroxyl groups is 1. The molecule has 10 heteroatoms. The van der Waals surface area contributed by atoms with Crippen LogP contribution in [0.3, 0.4) is 0 Å². The molecule has 2 saturated heterocycles. The van der Waals surface area contributed by atoms with Crippen molar-refractivity contribution in [1.82, 2.24) is 15.1 Å². The average molecular weight is 612 g/mol. The maximum absolute atomic E-state index is 14.2. The van der Waals surface area contributed by atoms with E-state index in [4.69, 9.17) is 18.9 Å². The van der Waals surface area contributed by atoms with Gasteiger partial charge in [-0.15, -0.1) is 0 Å². The van der Waals surface area contributed by atoms with Crippen LogP contribution in [-0.2, 0) is 28.5 Å². The second kappa shape index (κ2) is 14.1. The fourth-order valence-electron chi connectivity index (χ4n) is 7.64. The zero-order valence-corrected chi connectivity index (χ0v) is 28.9. The van der Waals surface area contributed by atoms with Gasteiger partial charge >= 0.3 is 5.97 Å². The average Bonchev–Trinajstić information content (AvgIpc) is 2.91. The summed E-state index contributed by atoms with van der Waals surface area (Å²) in [4.78, 5) is 32.1. The van der Waals surface area contributed by atoms with E-state index in [1.807, 2.05) is 39.9 Å². The second-order valence-corrected chi connectivity index (χ2v) is 15.2. The van der Waals surface area contributed by atoms with E-state index in [1.54, 1.807) is 27.9 Å². The molecule has 0 amide bonds. The molecule has 0 spiro atoms. The number of nitrogens with zero attached hydrogens (tertiary/aromatic N) is 2. The van der Waals surface area contributed by atoms with Crippen molar-refractivity contribution >= 4 is 11.8 Å². The smallest absolute Gasteiger partial charge is 0.319 e. The number of ketones is 1. The van der Waals surface area contributed by atoms with Crippen molar-refractivity contribution in [1.29, 1.82) is 0 Å². The van der Waals surface area contributed by atoms with Gasteiger partial charge in [0.2, 0.25) is 0 Å². The molecular formula is C33H61N3O7. The van der Waals surface area contributed by atoms with Gasteiger partial charge < -0.3 is 34.3 Å². The Morgan fingerprint density at radius 3 is 2.28 bits per heavy atom. The molecule has 9 atom stereocenters. The highest BCUT2D eigenvalue weighted by Gasteiger charge is 2.52. The molecule has 250 valence electrons. The number of rotatable bonds is 7. The van der Waals surface area contributed by atoms with Crippen molar-refractivity contribution in [2.24, 2.45) is 23.2 Å². The van der Waals surface area contributed by atoms with Crippen molar-refractivity contribution in [3.8, 4) is 0 Å². The number of esters is 1. The fraction of sp³-hybridized carbons (Fsp3) is 0.939. The van der Waals surface area contributed by atoms with Crippen LogP contribution in [0.1, 0.15) is 80.6 Å². The summed E-state index contributed by atoms with van der Waals surface area (Å²) in [6.45, 7) is 14.3. The fourth-order valence-corrected chi connectivity index (χ4v) is 7.64. The number of carbonyl (C=O) groups excluding carboxylic acids is 2. The number of hydrogen-bond donors (Lipinski definition) is 2. The van der Waals surface area contributed by atoms with Crippen LogP contribution in [0.25, 0.3) is 0 Å². The normalized spacial score (nSPS) is 43.7. The molecule has 0 aromatic carbocycles. The predicted octanol–water partition coefficient (Wildman–Crippen LogP) is 3.10. The van der Waals surface area contributed by atoms with E-state index >= 15 is 0 Å². The summed E-state index contributed by atoms with van der Waals surface area (Å²) in [7, 11) is 9.60. The van der Waals surface area contributed by atoms with Gasteiger partial charge in [-0.25, -0.2) is 0 Å². The molecule has 43 heavy (non-hydrogen) atoms. The van der Waals surface area contributed by atoms with Gasteiger partial charge in [0.15, 0.2) is 12.1 Å². The number of hydrogen-bond acceptors (Lipinski definition) is 10. The van der Waals surface area contributed by atoms with E-state index in [1.165, 1.54) is 0 Å². The van der Waals surface area contributed by atoms with E-state index < -0.39 is 41.4 Å². The van der Waals surface area contributed by atoms with Crippen LogP contribution in [-0.4, -0.2) is 123 Å². The molecule has 1 aliphatic carbocycles. The highest BCUT2D eigenvalue weighted by atomic mass is 16.7. The van der Waals surface area contributed by atoms with Gasteiger partial charge in [0.1, 0.15) is 18.1 Å². The number of likely N-dealkylation sites (N-methyl/N-ethyl adjacent to an activating group) is 2. The first-order valence-corrected chi connectivity index (χ1v) is 16.2. The first-order valence-electron chi connectivity index (χ1n) is 16.2. The van der Waals surface area contributed by atoms with Crippen LogP contribution in [0.5, 0.6) is 0 Å². The predicted molar refractivity (Wildman–Crippen MR) is 167 cm³/mol. The molecule has 0 bridgehead atoms. The summed E-state index contributed by atoms with van der Waals surface area (Å²) >= 11 is 0. The van der Waals surface area contributed by atoms with E-state index in [2.05, 4.69) is 31.1 Å². The largest absolute Gasteiger partial charge is 0.463 e. The molecule has 0 aromatic rings. The van der Waals surface area contributed by atoms with Crippen LogP contribution in [0, 0.1) is 23.2 Å². The van der Waals surface area contributed by atoms with Gasteiger partial charge in [0.25, 0.3) is 0 Å². The number of cyclic esters (lactones) is 1. The Balaban J connectivity index is 1.98. The lowest BCUT2D eigenvalue weighted by Crippen LogP contribution is -2.59. The minimum Gasteiger partial charge on any atom is -0.463 e. The number of nitrogens with one attached hydrogen (secondary N) is 1. The molecule has 3 fully saturated rings. The molecule has 1 saturated carbocycles. The summed E-state index contributed by atoms with van der Waals surface area (Å²) in [5.41, 5.74) is -2.71. The van der Waals surface area contributed by atoms with E-state index in [-0.39, 0.29) is 36.0 Å². The molecule has 2 heterocycles. The zero-order chi connectivity index (χ0) is 32.5. The number of methoxy groups -OCH3 is 1. The van der Waals surface area contributed by atoms with E-state index in [0.717, 1.165) is 25.8 Å². The summed E-state index contributed by atoms with van der Waals surface area (Å²) in [6.07, 6.45) is 1.56. The van der Waals surface area contributed by atoms with Gasteiger partial charge in [-0.3, -0.25) is 14.5 Å². The highest BCUT2D eigenvalue weighted by molar-refractivity contribution is 6.04. The van der Waals surface area contributed by atoms with Crippen molar-refractivity contribution in [3.05, 3.63) is 0 Å². The topological polar surface area (TPSA) is 110 Å². The molecule has 0 radical (unpaired) electrons. The minimum atomic E-state index is -1.41. The Morgan fingerprint density at radius 1 is 1.09 bits per heavy atom. The Labute approximate surface area is 260 Å². The lowest BCUT2D eigenvalue weighted by Gasteiger charge is -2.47. The third-order valence-corrected chi connectivity index (χ3v) is 10.8. The first kappa shape index (κ1) is 36.3. The first-order chi connectivity index (χ1) is 19.9. The van der Waals surface area contributed by atoms with Crippen molar-refractivity contribution in [2.45, 2.75) is 128 Å². The Kier molecular flexibility index (Phi) is 11.9. The summed E-state index contributed by atoms with van der Waals surface area (Å²) < 4.78 is 25.0. The van der Waals surface area contributed by atoms with Crippen molar-refractivity contribution < 1.29 is 33.6 Å². The SMILES string of the molecule is CNC1CC(C[C@]2(C)COC(=O)C(C)(C)C(=O)[C@H](C)[C@@H](O[C@@H]3O[C@H](C)C[C@H](N(C)C)[C@H]3O)[C@](C)(OC)C[C@@H](C)CN2C)C1. The van der Waals surface area contributed by atoms with Gasteiger partial charge in [-0.05, 0) is 107 Å². The van der Waals surface area contributed by atoms with Crippen molar-refractivity contribution in [3.63, 3.8) is 0 Å². The molecule has 2 aliphatic heterocycles. The minimum absolute atomic E-state index is 0.147. The maximum atomic E-state index is 14.2. The lowest BCUT2D eigenvalue weighted by molar-refractivity contribution is -0.295. The van der Waals surface area contributed by atoms with Gasteiger partial charge in [-0.1, -0.05) is 13.8 Å². The molecule has 2 N–H and O–H groups in total. The number of Topliss-reactive ketones (excluding diaryl/α,β-unsaturated/α-hetero) is 1. The Morgan fingerprint density at radius 2 is 1.72 bits per heavy atom. The summed E-state index contributed by atoms with van der Waals surface area (Å²) in [6, 6.07) is 0.370. The number of aliphatic hydroxyl groups excluding tert-OH is 1. The van der Waals surface area contributed by atoms with Gasteiger partial charge in [0.05, 0.1) is 23.3 Å². The highest BCUT2D eigenvalue weighted by Crippen LogP contribution is 2.40. The standard InChI is InChI=1S/C33H61N3O7/c1-20-16-33(7,40-12)28(43-29-26(37)25(35(9)10)13-21(2)42-29)22(3)27(38)31(4,5)30(39)41-19-32(6,36(11)18-20)17-23-14-24(15-23)34-8/h20-26,28-29,34,37H,13-19H2,1-12H3/t20-,21-,22+,23?,24?,25+,26-,28-,29+,32-,33-/m1/s1. The van der Waals surface area contributed by atoms with E-state index in [9.17, 15) is 14.7 Å². The summed E-state index contributed by atoms with van der Waals surface area (Å²) in [5, 5.41) is 14.7. The molecular weight excluding hydrogens is 550 g/mol. The monoisotopic (exact) mass is 611 g/mol. The third-order valence-electron chi connectivity index (χ3n) is 10.8. The molecule has 3 rings (SSSR count). The molecule has 3 aliphatic rings. The van der Waals surface area contributed by atoms with Gasteiger partial charge in [-0.2, -0.15) is 0 Å². The Hall–Kier alpha value is -1.14. The zero-order valence-electron chi connectivity index (χ0n) is 28.9. The third kappa shape index (κ3) is 7.99. The molecule has 10 nitrogen and oxygen atoms in total. The van der Waals surface area contributed by atoms with Crippen LogP contribution < -0.4 is 5.32 Å². The number of carbonyl (C=O) groups is 2. The summed E-state index contributed by atoms with van der Waals surface area (Å²) in [5.74, 6) is -0.869. The maximum Gasteiger partial charge on any atom is 0.319 e. The van der Waals surface area contributed by atoms with Crippen LogP contribution in [0.15, 0.2) is 0 Å². The Bertz CT molecular complexity index is 957. The lowest BCUT2D eigenvalue weighted by atomic mass is 9.73. The second-order valence-electron chi connectivity index (χ2n) is 15.2. The van der Waals surface area contributed by atoms with E-state index in [0.29, 0.717) is 24.8 Å². The molecule has 0 aromatic heterocycles. The van der Waals surface area contributed by atoms with Crippen LogP contribution in [0.2, 0.25) is 0 Å². The molecule has 0 unspecified atom stereocenters. The van der Waals surface area contributed by atoms with Crippen molar-refractivity contribution in [2.75, 3.05) is 48.5 Å². The van der Waals surface area contributed by atoms with Gasteiger partial charge in [0, 0.05) is 31.7 Å². The quantitative estimate of drug-likeness (QED) is 0.329. The van der Waals surface area contributed by atoms with Crippen LogP contribution in [0.4, 0.5) is 0 Å². The number of ether oxygens (including phenoxy) is 4. The van der Waals surface area contributed by atoms with Crippen LogP contribution >= 0.6 is 0 Å².